The minimum atomic E-state index is -0.200. The first kappa shape index (κ1) is 17.1. The number of nitrogens with zero attached hydrogens (tertiary/aromatic N) is 3. The summed E-state index contributed by atoms with van der Waals surface area (Å²) in [5, 5.41) is 7.23. The molecule has 1 aromatic rings. The molecule has 1 atom stereocenters. The molecule has 2 aliphatic heterocycles. The van der Waals surface area contributed by atoms with Crippen molar-refractivity contribution in [1.82, 2.24) is 20.0 Å². The Morgan fingerprint density at radius 3 is 2.52 bits per heavy atom. The number of hydrogen-bond donors (Lipinski definition) is 1. The van der Waals surface area contributed by atoms with Crippen molar-refractivity contribution in [2.45, 2.75) is 75.7 Å². The fourth-order valence-corrected chi connectivity index (χ4v) is 5.33. The second-order valence-electron chi connectivity index (χ2n) is 8.24. The average Bonchev–Trinajstić information content (AvgIpc) is 3.24. The van der Waals surface area contributed by atoms with Crippen LogP contribution in [0, 0.1) is 0 Å². The van der Waals surface area contributed by atoms with E-state index in [1.165, 1.54) is 44.2 Å². The standard InChI is InChI=1S/C20H32N4O/c25-19(23-13-7-8-17(16-23)18-9-12-21-22-18)20(10-3-1-4-11-20)24-14-5-2-6-15-24/h9,12,17H,1-8,10-11,13-16H2,(H,21,22). The predicted octanol–water partition coefficient (Wildman–Crippen LogP) is 3.30. The van der Waals surface area contributed by atoms with E-state index in [0.29, 0.717) is 11.8 Å². The molecule has 1 N–H and O–H groups in total. The van der Waals surface area contributed by atoms with Gasteiger partial charge in [-0.1, -0.05) is 25.7 Å². The molecular weight excluding hydrogens is 312 g/mol. The van der Waals surface area contributed by atoms with Gasteiger partial charge >= 0.3 is 0 Å². The average molecular weight is 345 g/mol. The SMILES string of the molecule is O=C(N1CCCC(c2ccn[nH]2)C1)C1(N2CCCCC2)CCCCC1. The van der Waals surface area contributed by atoms with E-state index >= 15 is 0 Å². The second-order valence-corrected chi connectivity index (χ2v) is 8.24. The smallest absolute Gasteiger partial charge is 0.243 e. The third kappa shape index (κ3) is 3.35. The van der Waals surface area contributed by atoms with Gasteiger partial charge in [-0.2, -0.15) is 5.10 Å². The minimum absolute atomic E-state index is 0.200. The summed E-state index contributed by atoms with van der Waals surface area (Å²) in [5.41, 5.74) is 0.988. The number of hydrogen-bond acceptors (Lipinski definition) is 3. The Morgan fingerprint density at radius 2 is 1.80 bits per heavy atom. The lowest BCUT2D eigenvalue weighted by atomic mass is 9.77. The lowest BCUT2D eigenvalue weighted by Gasteiger charge is -2.49. The summed E-state index contributed by atoms with van der Waals surface area (Å²) in [6.45, 7) is 4.02. The Morgan fingerprint density at radius 1 is 1.04 bits per heavy atom. The molecule has 2 saturated heterocycles. The molecule has 25 heavy (non-hydrogen) atoms. The molecule has 4 rings (SSSR count). The monoisotopic (exact) mass is 344 g/mol. The highest BCUT2D eigenvalue weighted by Gasteiger charge is 2.47. The molecular formula is C20H32N4O. The molecule has 0 radical (unpaired) electrons. The van der Waals surface area contributed by atoms with Crippen LogP contribution in [-0.4, -0.2) is 57.6 Å². The van der Waals surface area contributed by atoms with Crippen LogP contribution in [0.15, 0.2) is 12.3 Å². The van der Waals surface area contributed by atoms with Crippen LogP contribution in [0.4, 0.5) is 0 Å². The fourth-order valence-electron chi connectivity index (χ4n) is 5.33. The topological polar surface area (TPSA) is 52.2 Å². The lowest BCUT2D eigenvalue weighted by molar-refractivity contribution is -0.149. The van der Waals surface area contributed by atoms with Crippen LogP contribution in [0.1, 0.15) is 75.8 Å². The number of rotatable bonds is 3. The molecule has 1 amide bonds. The first-order chi connectivity index (χ1) is 12.3. The number of H-pyrrole nitrogens is 1. The summed E-state index contributed by atoms with van der Waals surface area (Å²) in [6, 6.07) is 2.07. The largest absolute Gasteiger partial charge is 0.340 e. The first-order valence-corrected chi connectivity index (χ1v) is 10.3. The van der Waals surface area contributed by atoms with Gasteiger partial charge in [-0.15, -0.1) is 0 Å². The van der Waals surface area contributed by atoms with E-state index in [4.69, 9.17) is 0 Å². The molecule has 0 spiro atoms. The summed E-state index contributed by atoms with van der Waals surface area (Å²) >= 11 is 0. The molecule has 3 aliphatic rings. The zero-order chi connectivity index (χ0) is 17.1. The molecule has 0 aromatic carbocycles. The van der Waals surface area contributed by atoms with Gasteiger partial charge in [-0.3, -0.25) is 14.8 Å². The number of aromatic nitrogens is 2. The molecule has 5 heteroatoms. The lowest BCUT2D eigenvalue weighted by Crippen LogP contribution is -2.62. The number of aromatic amines is 1. The van der Waals surface area contributed by atoms with Crippen LogP contribution in [0.3, 0.4) is 0 Å². The van der Waals surface area contributed by atoms with Gasteiger partial charge in [-0.05, 0) is 57.7 Å². The number of amides is 1. The van der Waals surface area contributed by atoms with Crippen molar-refractivity contribution < 1.29 is 4.79 Å². The highest BCUT2D eigenvalue weighted by molar-refractivity contribution is 5.86. The first-order valence-electron chi connectivity index (χ1n) is 10.3. The van der Waals surface area contributed by atoms with Crippen LogP contribution in [0.5, 0.6) is 0 Å². The molecule has 1 aromatic heterocycles. The van der Waals surface area contributed by atoms with E-state index in [2.05, 4.69) is 26.1 Å². The zero-order valence-electron chi connectivity index (χ0n) is 15.4. The van der Waals surface area contributed by atoms with Crippen LogP contribution in [0.25, 0.3) is 0 Å². The van der Waals surface area contributed by atoms with Gasteiger partial charge in [0.2, 0.25) is 5.91 Å². The number of likely N-dealkylation sites (tertiary alicyclic amines) is 2. The second kappa shape index (κ2) is 7.48. The van der Waals surface area contributed by atoms with E-state index in [1.807, 2.05) is 6.20 Å². The fraction of sp³-hybridized carbons (Fsp3) is 0.800. The maximum atomic E-state index is 13.7. The van der Waals surface area contributed by atoms with Crippen LogP contribution < -0.4 is 0 Å². The van der Waals surface area contributed by atoms with Crippen molar-refractivity contribution >= 4 is 5.91 Å². The third-order valence-corrected chi connectivity index (χ3v) is 6.71. The normalized spacial score (nSPS) is 28.0. The Kier molecular flexibility index (Phi) is 5.11. The van der Waals surface area contributed by atoms with Gasteiger partial charge in [0.15, 0.2) is 0 Å². The number of carbonyl (C=O) groups excluding carboxylic acids is 1. The van der Waals surface area contributed by atoms with Gasteiger partial charge in [0, 0.05) is 30.9 Å². The molecule has 0 bridgehead atoms. The summed E-state index contributed by atoms with van der Waals surface area (Å²) < 4.78 is 0. The molecule has 3 fully saturated rings. The van der Waals surface area contributed by atoms with Gasteiger partial charge in [0.1, 0.15) is 5.54 Å². The van der Waals surface area contributed by atoms with Crippen molar-refractivity contribution in [2.75, 3.05) is 26.2 Å². The molecule has 1 saturated carbocycles. The van der Waals surface area contributed by atoms with Crippen molar-refractivity contribution in [1.29, 1.82) is 0 Å². The van der Waals surface area contributed by atoms with Gasteiger partial charge in [0.25, 0.3) is 0 Å². The van der Waals surface area contributed by atoms with E-state index < -0.39 is 0 Å². The van der Waals surface area contributed by atoms with Crippen molar-refractivity contribution in [3.63, 3.8) is 0 Å². The van der Waals surface area contributed by atoms with Crippen LogP contribution >= 0.6 is 0 Å². The van der Waals surface area contributed by atoms with E-state index in [1.54, 1.807) is 0 Å². The Balaban J connectivity index is 1.53. The molecule has 3 heterocycles. The molecule has 138 valence electrons. The molecule has 1 aliphatic carbocycles. The quantitative estimate of drug-likeness (QED) is 0.915. The minimum Gasteiger partial charge on any atom is -0.340 e. The predicted molar refractivity (Wildman–Crippen MR) is 98.4 cm³/mol. The number of piperidine rings is 2. The van der Waals surface area contributed by atoms with Crippen LogP contribution in [-0.2, 0) is 4.79 Å². The summed E-state index contributed by atoms with van der Waals surface area (Å²) in [6.07, 6.45) is 13.8. The van der Waals surface area contributed by atoms with Crippen molar-refractivity contribution in [2.24, 2.45) is 0 Å². The van der Waals surface area contributed by atoms with Gasteiger partial charge in [-0.25, -0.2) is 0 Å². The van der Waals surface area contributed by atoms with E-state index in [-0.39, 0.29) is 5.54 Å². The number of carbonyl (C=O) groups is 1. The van der Waals surface area contributed by atoms with E-state index in [0.717, 1.165) is 51.9 Å². The Labute approximate surface area is 151 Å². The van der Waals surface area contributed by atoms with Crippen molar-refractivity contribution in [3.8, 4) is 0 Å². The summed E-state index contributed by atoms with van der Waals surface area (Å²) in [5.74, 6) is 0.848. The maximum Gasteiger partial charge on any atom is 0.243 e. The van der Waals surface area contributed by atoms with E-state index in [9.17, 15) is 4.79 Å². The molecule has 1 unspecified atom stereocenters. The third-order valence-electron chi connectivity index (χ3n) is 6.71. The molecule has 5 nitrogen and oxygen atoms in total. The summed E-state index contributed by atoms with van der Waals surface area (Å²) in [7, 11) is 0. The van der Waals surface area contributed by atoms with Crippen molar-refractivity contribution in [3.05, 3.63) is 18.0 Å². The van der Waals surface area contributed by atoms with Crippen LogP contribution in [0.2, 0.25) is 0 Å². The highest BCUT2D eigenvalue weighted by Crippen LogP contribution is 2.38. The van der Waals surface area contributed by atoms with Gasteiger partial charge < -0.3 is 4.90 Å². The zero-order valence-corrected chi connectivity index (χ0v) is 15.4. The highest BCUT2D eigenvalue weighted by atomic mass is 16.2. The number of nitrogens with one attached hydrogen (secondary N) is 1. The summed E-state index contributed by atoms with van der Waals surface area (Å²) in [4.78, 5) is 18.5. The Hall–Kier alpha value is -1.36. The van der Waals surface area contributed by atoms with Gasteiger partial charge in [0.05, 0.1) is 0 Å². The Bertz CT molecular complexity index is 558. The maximum absolute atomic E-state index is 13.7.